The molecule has 0 amide bonds. The molecular weight excluding hydrogens is 246 g/mol. The van der Waals surface area contributed by atoms with Gasteiger partial charge in [0, 0.05) is 18.1 Å². The van der Waals surface area contributed by atoms with Gasteiger partial charge in [0.05, 0.1) is 12.1 Å². The van der Waals surface area contributed by atoms with Gasteiger partial charge in [0.1, 0.15) is 5.75 Å². The fourth-order valence-electron chi connectivity index (χ4n) is 2.45. The second-order valence-corrected chi connectivity index (χ2v) is 4.97. The van der Waals surface area contributed by atoms with Crippen molar-refractivity contribution in [2.45, 2.75) is 19.9 Å². The van der Waals surface area contributed by atoms with Crippen LogP contribution < -0.4 is 4.74 Å². The van der Waals surface area contributed by atoms with Crippen molar-refractivity contribution in [2.75, 3.05) is 6.61 Å². The Labute approximate surface area is 119 Å². The maximum Gasteiger partial charge on any atom is 0.128 e. The first-order valence-electron chi connectivity index (χ1n) is 7.13. The average Bonchev–Trinajstić information content (AvgIpc) is 2.90. The van der Waals surface area contributed by atoms with E-state index in [1.165, 1.54) is 16.5 Å². The summed E-state index contributed by atoms with van der Waals surface area (Å²) in [6.45, 7) is 3.78. The standard InChI is InChI=1S/C18H19NO/c1-2-13-20-18-10-6-9-17-16(18)11-12-19(17)14-15-7-4-3-5-8-15/h3-12H,2,13-14H2,1H3. The van der Waals surface area contributed by atoms with Crippen LogP contribution in [0, 0.1) is 0 Å². The topological polar surface area (TPSA) is 14.2 Å². The molecule has 2 aromatic carbocycles. The minimum Gasteiger partial charge on any atom is -0.493 e. The van der Waals surface area contributed by atoms with Crippen LogP contribution >= 0.6 is 0 Å². The van der Waals surface area contributed by atoms with Gasteiger partial charge in [-0.15, -0.1) is 0 Å². The molecule has 102 valence electrons. The second-order valence-electron chi connectivity index (χ2n) is 4.97. The fourth-order valence-corrected chi connectivity index (χ4v) is 2.45. The van der Waals surface area contributed by atoms with Crippen molar-refractivity contribution < 1.29 is 4.74 Å². The van der Waals surface area contributed by atoms with Gasteiger partial charge >= 0.3 is 0 Å². The quantitative estimate of drug-likeness (QED) is 0.663. The molecule has 0 unspecified atom stereocenters. The van der Waals surface area contributed by atoms with Crippen molar-refractivity contribution in [1.82, 2.24) is 4.57 Å². The summed E-state index contributed by atoms with van der Waals surface area (Å²) in [5.41, 5.74) is 2.53. The summed E-state index contributed by atoms with van der Waals surface area (Å²) >= 11 is 0. The van der Waals surface area contributed by atoms with E-state index in [1.807, 2.05) is 12.1 Å². The molecule has 0 fully saturated rings. The van der Waals surface area contributed by atoms with E-state index in [9.17, 15) is 0 Å². The molecule has 0 spiro atoms. The molecule has 0 aliphatic carbocycles. The zero-order valence-corrected chi connectivity index (χ0v) is 11.8. The minimum absolute atomic E-state index is 0.767. The van der Waals surface area contributed by atoms with Gasteiger partial charge in [-0.1, -0.05) is 43.3 Å². The van der Waals surface area contributed by atoms with Crippen molar-refractivity contribution in [1.29, 1.82) is 0 Å². The van der Waals surface area contributed by atoms with Crippen molar-refractivity contribution in [3.8, 4) is 5.75 Å². The van der Waals surface area contributed by atoms with Crippen LogP contribution in [0.5, 0.6) is 5.75 Å². The van der Waals surface area contributed by atoms with Crippen LogP contribution in [-0.4, -0.2) is 11.2 Å². The molecule has 20 heavy (non-hydrogen) atoms. The SMILES string of the molecule is CCCOc1cccc2c1ccn2Cc1ccccc1. The van der Waals surface area contributed by atoms with Crippen LogP contribution in [-0.2, 0) is 6.54 Å². The Morgan fingerprint density at radius 1 is 0.950 bits per heavy atom. The predicted molar refractivity (Wildman–Crippen MR) is 83.3 cm³/mol. The van der Waals surface area contributed by atoms with E-state index in [4.69, 9.17) is 4.74 Å². The zero-order valence-electron chi connectivity index (χ0n) is 11.8. The first-order chi connectivity index (χ1) is 9.88. The zero-order chi connectivity index (χ0) is 13.8. The van der Waals surface area contributed by atoms with Crippen LogP contribution in [0.25, 0.3) is 10.9 Å². The maximum absolute atomic E-state index is 5.82. The number of fused-ring (bicyclic) bond motifs is 1. The highest BCUT2D eigenvalue weighted by atomic mass is 16.5. The van der Waals surface area contributed by atoms with E-state index in [0.717, 1.165) is 25.3 Å². The van der Waals surface area contributed by atoms with Gasteiger partial charge in [-0.2, -0.15) is 0 Å². The first-order valence-corrected chi connectivity index (χ1v) is 7.13. The Balaban J connectivity index is 1.93. The van der Waals surface area contributed by atoms with Crippen LogP contribution in [0.3, 0.4) is 0 Å². The van der Waals surface area contributed by atoms with E-state index in [-0.39, 0.29) is 0 Å². The molecule has 0 aliphatic rings. The highest BCUT2D eigenvalue weighted by Gasteiger charge is 2.06. The third kappa shape index (κ3) is 2.55. The number of rotatable bonds is 5. The van der Waals surface area contributed by atoms with Crippen molar-refractivity contribution in [2.24, 2.45) is 0 Å². The highest BCUT2D eigenvalue weighted by Crippen LogP contribution is 2.27. The molecule has 1 aromatic heterocycles. The molecule has 0 radical (unpaired) electrons. The first kappa shape index (κ1) is 12.8. The third-order valence-electron chi connectivity index (χ3n) is 3.43. The van der Waals surface area contributed by atoms with Crippen molar-refractivity contribution in [3.63, 3.8) is 0 Å². The van der Waals surface area contributed by atoms with E-state index < -0.39 is 0 Å². The molecular formula is C18H19NO. The summed E-state index contributed by atoms with van der Waals surface area (Å²) in [4.78, 5) is 0. The van der Waals surface area contributed by atoms with Crippen LogP contribution in [0.15, 0.2) is 60.8 Å². The molecule has 0 N–H and O–H groups in total. The van der Waals surface area contributed by atoms with Crippen LogP contribution in [0.4, 0.5) is 0 Å². The molecule has 3 rings (SSSR count). The Kier molecular flexibility index (Phi) is 3.73. The molecule has 0 bridgehead atoms. The number of hydrogen-bond donors (Lipinski definition) is 0. The van der Waals surface area contributed by atoms with Crippen molar-refractivity contribution in [3.05, 3.63) is 66.4 Å². The Hall–Kier alpha value is -2.22. The molecule has 3 aromatic rings. The normalized spacial score (nSPS) is 10.8. The summed E-state index contributed by atoms with van der Waals surface area (Å²) < 4.78 is 8.09. The molecule has 2 heteroatoms. The van der Waals surface area contributed by atoms with Crippen LogP contribution in [0.2, 0.25) is 0 Å². The lowest BCUT2D eigenvalue weighted by atomic mass is 10.2. The average molecular weight is 265 g/mol. The van der Waals surface area contributed by atoms with Gasteiger partial charge in [-0.3, -0.25) is 0 Å². The minimum atomic E-state index is 0.767. The second kappa shape index (κ2) is 5.83. The predicted octanol–water partition coefficient (Wildman–Crippen LogP) is 4.48. The number of benzene rings is 2. The van der Waals surface area contributed by atoms with Gasteiger partial charge in [0.2, 0.25) is 0 Å². The summed E-state index contributed by atoms with van der Waals surface area (Å²) in [5, 5.41) is 1.19. The number of ether oxygens (including phenoxy) is 1. The lowest BCUT2D eigenvalue weighted by Crippen LogP contribution is -1.98. The van der Waals surface area contributed by atoms with Gasteiger partial charge in [0.15, 0.2) is 0 Å². The molecule has 1 heterocycles. The summed E-state index contributed by atoms with van der Waals surface area (Å²) in [5.74, 6) is 0.983. The van der Waals surface area contributed by atoms with Gasteiger partial charge in [-0.25, -0.2) is 0 Å². The van der Waals surface area contributed by atoms with Gasteiger partial charge in [0.25, 0.3) is 0 Å². The van der Waals surface area contributed by atoms with E-state index in [2.05, 4.69) is 60.2 Å². The lowest BCUT2D eigenvalue weighted by Gasteiger charge is -2.08. The highest BCUT2D eigenvalue weighted by molar-refractivity contribution is 5.86. The van der Waals surface area contributed by atoms with E-state index in [0.29, 0.717) is 0 Å². The molecule has 0 saturated heterocycles. The van der Waals surface area contributed by atoms with Gasteiger partial charge < -0.3 is 9.30 Å². The fraction of sp³-hybridized carbons (Fsp3) is 0.222. The van der Waals surface area contributed by atoms with Gasteiger partial charge in [-0.05, 0) is 30.2 Å². The molecule has 0 atom stereocenters. The molecule has 0 aliphatic heterocycles. The smallest absolute Gasteiger partial charge is 0.128 e. The molecule has 2 nitrogen and oxygen atoms in total. The number of hydrogen-bond acceptors (Lipinski definition) is 1. The molecule has 0 saturated carbocycles. The van der Waals surface area contributed by atoms with E-state index >= 15 is 0 Å². The summed E-state index contributed by atoms with van der Waals surface area (Å²) in [6.07, 6.45) is 3.16. The Morgan fingerprint density at radius 3 is 2.60 bits per heavy atom. The van der Waals surface area contributed by atoms with Crippen molar-refractivity contribution >= 4 is 10.9 Å². The monoisotopic (exact) mass is 265 g/mol. The Bertz CT molecular complexity index is 685. The Morgan fingerprint density at radius 2 is 1.80 bits per heavy atom. The summed E-state index contributed by atoms with van der Waals surface area (Å²) in [6, 6.07) is 18.9. The lowest BCUT2D eigenvalue weighted by molar-refractivity contribution is 0.321. The van der Waals surface area contributed by atoms with Crippen LogP contribution in [0.1, 0.15) is 18.9 Å². The third-order valence-corrected chi connectivity index (χ3v) is 3.43. The number of aromatic nitrogens is 1. The van der Waals surface area contributed by atoms with E-state index in [1.54, 1.807) is 0 Å². The number of nitrogens with zero attached hydrogens (tertiary/aromatic N) is 1. The maximum atomic E-state index is 5.82. The largest absolute Gasteiger partial charge is 0.493 e. The summed E-state index contributed by atoms with van der Waals surface area (Å²) in [7, 11) is 0.